The van der Waals surface area contributed by atoms with E-state index in [9.17, 15) is 0 Å². The third-order valence-electron chi connectivity index (χ3n) is 1.69. The lowest BCUT2D eigenvalue weighted by Gasteiger charge is -2.18. The summed E-state index contributed by atoms with van der Waals surface area (Å²) in [6.07, 6.45) is 9.71. The van der Waals surface area contributed by atoms with Crippen LogP contribution in [0, 0.1) is 6.42 Å². The van der Waals surface area contributed by atoms with Gasteiger partial charge < -0.3 is 4.74 Å². The Kier molecular flexibility index (Phi) is 0.908. The lowest BCUT2D eigenvalue weighted by Crippen LogP contribution is -2.18. The summed E-state index contributed by atoms with van der Waals surface area (Å²) in [5.74, 6) is 0. The zero-order chi connectivity index (χ0) is 5.40. The standard InChI is InChI=1S/C7H9O/c1-2-6-4-5-7(3-1)8-6/h1,4-7H,2-3H2. The molecule has 2 aliphatic heterocycles. The van der Waals surface area contributed by atoms with Gasteiger partial charge in [-0.2, -0.15) is 0 Å². The van der Waals surface area contributed by atoms with Crippen LogP contribution in [-0.4, -0.2) is 12.2 Å². The largest absolute Gasteiger partial charge is 0.367 e. The summed E-state index contributed by atoms with van der Waals surface area (Å²) in [5, 5.41) is 0. The highest BCUT2D eigenvalue weighted by atomic mass is 16.5. The van der Waals surface area contributed by atoms with E-state index in [0.717, 1.165) is 12.8 Å². The maximum atomic E-state index is 5.45. The second-order valence-corrected chi connectivity index (χ2v) is 2.36. The van der Waals surface area contributed by atoms with Crippen molar-refractivity contribution in [1.29, 1.82) is 0 Å². The minimum atomic E-state index is 0.425. The number of fused-ring (bicyclic) bond motifs is 2. The average molecular weight is 109 g/mol. The monoisotopic (exact) mass is 109 g/mol. The van der Waals surface area contributed by atoms with Crippen molar-refractivity contribution in [3.05, 3.63) is 18.6 Å². The molecule has 8 heavy (non-hydrogen) atoms. The van der Waals surface area contributed by atoms with Crippen LogP contribution in [0.3, 0.4) is 0 Å². The fraction of sp³-hybridized carbons (Fsp3) is 0.571. The first kappa shape index (κ1) is 4.57. The van der Waals surface area contributed by atoms with Gasteiger partial charge in [0.05, 0.1) is 12.2 Å². The number of hydrogen-bond acceptors (Lipinski definition) is 1. The van der Waals surface area contributed by atoms with E-state index in [0.29, 0.717) is 12.2 Å². The van der Waals surface area contributed by atoms with E-state index in [1.807, 2.05) is 0 Å². The summed E-state index contributed by atoms with van der Waals surface area (Å²) in [4.78, 5) is 0. The summed E-state index contributed by atoms with van der Waals surface area (Å²) in [6, 6.07) is 0. The first-order valence-electron chi connectivity index (χ1n) is 3.10. The van der Waals surface area contributed by atoms with E-state index in [-0.39, 0.29) is 0 Å². The molecule has 0 aromatic rings. The van der Waals surface area contributed by atoms with Crippen LogP contribution < -0.4 is 0 Å². The fourth-order valence-electron chi connectivity index (χ4n) is 1.26. The van der Waals surface area contributed by atoms with Crippen molar-refractivity contribution in [2.75, 3.05) is 0 Å². The average Bonchev–Trinajstić information content (AvgIpc) is 2.12. The Morgan fingerprint density at radius 1 is 1.12 bits per heavy atom. The van der Waals surface area contributed by atoms with Crippen LogP contribution in [0.5, 0.6) is 0 Å². The fourth-order valence-corrected chi connectivity index (χ4v) is 1.26. The lowest BCUT2D eigenvalue weighted by molar-refractivity contribution is 0.0391. The van der Waals surface area contributed by atoms with Crippen LogP contribution in [0.25, 0.3) is 0 Å². The molecular formula is C7H9O. The van der Waals surface area contributed by atoms with E-state index in [1.54, 1.807) is 0 Å². The summed E-state index contributed by atoms with van der Waals surface area (Å²) >= 11 is 0. The Bertz CT molecular complexity index is 106. The van der Waals surface area contributed by atoms with Crippen LogP contribution in [-0.2, 0) is 4.74 Å². The molecule has 0 amide bonds. The molecule has 0 saturated carbocycles. The minimum Gasteiger partial charge on any atom is -0.367 e. The molecule has 43 valence electrons. The normalized spacial score (nSPS) is 43.0. The van der Waals surface area contributed by atoms with Gasteiger partial charge in [-0.25, -0.2) is 0 Å². The molecular weight excluding hydrogens is 100 g/mol. The van der Waals surface area contributed by atoms with Gasteiger partial charge in [-0.05, 0) is 19.3 Å². The Balaban J connectivity index is 2.13. The summed E-state index contributed by atoms with van der Waals surface area (Å²) in [6.45, 7) is 0. The van der Waals surface area contributed by atoms with Gasteiger partial charge >= 0.3 is 0 Å². The van der Waals surface area contributed by atoms with Crippen LogP contribution in [0.2, 0.25) is 0 Å². The highest BCUT2D eigenvalue weighted by Gasteiger charge is 2.23. The van der Waals surface area contributed by atoms with Crippen molar-refractivity contribution in [2.45, 2.75) is 25.0 Å². The van der Waals surface area contributed by atoms with Crippen LogP contribution >= 0.6 is 0 Å². The van der Waals surface area contributed by atoms with Gasteiger partial charge in [0.15, 0.2) is 0 Å². The van der Waals surface area contributed by atoms with Crippen molar-refractivity contribution < 1.29 is 4.74 Å². The van der Waals surface area contributed by atoms with E-state index in [2.05, 4.69) is 18.6 Å². The van der Waals surface area contributed by atoms with Crippen molar-refractivity contribution >= 4 is 0 Å². The lowest BCUT2D eigenvalue weighted by atomic mass is 10.1. The summed E-state index contributed by atoms with van der Waals surface area (Å²) in [7, 11) is 0. The molecule has 1 nitrogen and oxygen atoms in total. The van der Waals surface area contributed by atoms with E-state index in [1.165, 1.54) is 0 Å². The minimum absolute atomic E-state index is 0.425. The molecule has 2 heterocycles. The smallest absolute Gasteiger partial charge is 0.0767 e. The van der Waals surface area contributed by atoms with E-state index >= 15 is 0 Å². The first-order chi connectivity index (χ1) is 3.95. The van der Waals surface area contributed by atoms with Gasteiger partial charge in [0.2, 0.25) is 0 Å². The van der Waals surface area contributed by atoms with Crippen LogP contribution in [0.4, 0.5) is 0 Å². The Labute approximate surface area is 49.3 Å². The molecule has 0 spiro atoms. The molecule has 0 N–H and O–H groups in total. The van der Waals surface area contributed by atoms with Crippen LogP contribution in [0.1, 0.15) is 12.8 Å². The van der Waals surface area contributed by atoms with Crippen molar-refractivity contribution in [3.63, 3.8) is 0 Å². The van der Waals surface area contributed by atoms with Gasteiger partial charge in [0.1, 0.15) is 0 Å². The Hall–Kier alpha value is -0.300. The quantitative estimate of drug-likeness (QED) is 0.426. The molecule has 2 bridgehead atoms. The zero-order valence-corrected chi connectivity index (χ0v) is 4.71. The Morgan fingerprint density at radius 3 is 2.25 bits per heavy atom. The molecule has 0 aromatic carbocycles. The molecule has 1 heteroatoms. The van der Waals surface area contributed by atoms with Crippen molar-refractivity contribution in [1.82, 2.24) is 0 Å². The predicted molar refractivity (Wildman–Crippen MR) is 31.3 cm³/mol. The molecule has 2 rings (SSSR count). The predicted octanol–water partition coefficient (Wildman–Crippen LogP) is 1.31. The van der Waals surface area contributed by atoms with E-state index < -0.39 is 0 Å². The molecule has 1 radical (unpaired) electrons. The number of rotatable bonds is 0. The highest BCUT2D eigenvalue weighted by Crippen LogP contribution is 2.25. The third kappa shape index (κ3) is 0.583. The van der Waals surface area contributed by atoms with Gasteiger partial charge in [-0.3, -0.25) is 0 Å². The van der Waals surface area contributed by atoms with Gasteiger partial charge in [0.25, 0.3) is 0 Å². The number of hydrogen-bond donors (Lipinski definition) is 0. The SMILES string of the molecule is [CH]1CC2C=CC(C1)O2. The maximum Gasteiger partial charge on any atom is 0.0767 e. The maximum absolute atomic E-state index is 5.45. The summed E-state index contributed by atoms with van der Waals surface area (Å²) < 4.78 is 5.45. The molecule has 0 aliphatic carbocycles. The Morgan fingerprint density at radius 2 is 1.75 bits per heavy atom. The van der Waals surface area contributed by atoms with Crippen molar-refractivity contribution in [2.24, 2.45) is 0 Å². The topological polar surface area (TPSA) is 9.23 Å². The highest BCUT2D eigenvalue weighted by molar-refractivity contribution is 5.08. The van der Waals surface area contributed by atoms with Gasteiger partial charge in [-0.1, -0.05) is 12.2 Å². The summed E-state index contributed by atoms with van der Waals surface area (Å²) in [5.41, 5.74) is 0. The third-order valence-corrected chi connectivity index (χ3v) is 1.69. The second kappa shape index (κ2) is 1.59. The molecule has 1 fully saturated rings. The van der Waals surface area contributed by atoms with Crippen LogP contribution in [0.15, 0.2) is 12.2 Å². The molecule has 1 saturated heterocycles. The first-order valence-corrected chi connectivity index (χ1v) is 3.10. The molecule has 0 aromatic heterocycles. The van der Waals surface area contributed by atoms with Gasteiger partial charge in [-0.15, -0.1) is 0 Å². The molecule has 2 aliphatic rings. The second-order valence-electron chi connectivity index (χ2n) is 2.36. The van der Waals surface area contributed by atoms with Crippen molar-refractivity contribution in [3.8, 4) is 0 Å². The molecule has 2 atom stereocenters. The molecule has 2 unspecified atom stereocenters. The van der Waals surface area contributed by atoms with Gasteiger partial charge in [0, 0.05) is 0 Å². The number of ether oxygens (including phenoxy) is 1. The van der Waals surface area contributed by atoms with E-state index in [4.69, 9.17) is 4.74 Å². The zero-order valence-electron chi connectivity index (χ0n) is 4.71.